The molecule has 9 nitrogen and oxygen atoms in total. The number of aromatic nitrogens is 4. The van der Waals surface area contributed by atoms with Gasteiger partial charge in [0.2, 0.25) is 17.8 Å². The molecule has 3 heterocycles. The van der Waals surface area contributed by atoms with E-state index in [4.69, 9.17) is 21.6 Å². The highest BCUT2D eigenvalue weighted by Gasteiger charge is 2.21. The molecule has 42 heavy (non-hydrogen) atoms. The van der Waals surface area contributed by atoms with Crippen molar-refractivity contribution < 1.29 is 0 Å². The minimum atomic E-state index is 0.486. The zero-order chi connectivity index (χ0) is 28.9. The van der Waals surface area contributed by atoms with E-state index in [1.54, 1.807) is 0 Å². The van der Waals surface area contributed by atoms with E-state index in [0.717, 1.165) is 76.2 Å². The van der Waals surface area contributed by atoms with Gasteiger partial charge in [-0.15, -0.1) is 0 Å². The molecule has 3 aromatic carbocycles. The highest BCUT2D eigenvalue weighted by molar-refractivity contribution is 9.10. The Hall–Kier alpha value is -3.51. The van der Waals surface area contributed by atoms with Crippen LogP contribution in [0.25, 0.3) is 10.9 Å². The Morgan fingerprint density at radius 3 is 1.98 bits per heavy atom. The standard InChI is InChI=1S/C30H28Br2ClN9/c31-20-1-6-23(7-2-20)36-28-38-29(37-24-8-3-21(32)4-9-24)40-30(39-28)42-17-15-41(16-18-42)14-13-35-26-11-12-34-27-19-22(33)5-10-25(26)27/h1-12,19H,13-18H2,(H,34,35)(H2,36,37,38,39,40). The quantitative estimate of drug-likeness (QED) is 0.146. The molecule has 1 aliphatic heterocycles. The van der Waals surface area contributed by atoms with Gasteiger partial charge in [-0.1, -0.05) is 43.5 Å². The van der Waals surface area contributed by atoms with Gasteiger partial charge in [0.05, 0.1) is 5.52 Å². The first-order valence-corrected chi connectivity index (χ1v) is 15.5. The van der Waals surface area contributed by atoms with E-state index in [1.165, 1.54) is 0 Å². The summed E-state index contributed by atoms with van der Waals surface area (Å²) >= 11 is 13.1. The van der Waals surface area contributed by atoms with Gasteiger partial charge in [0.25, 0.3) is 0 Å². The number of anilines is 6. The van der Waals surface area contributed by atoms with E-state index in [1.807, 2.05) is 79.0 Å². The van der Waals surface area contributed by atoms with Crippen LogP contribution in [-0.2, 0) is 0 Å². The number of rotatable bonds is 9. The van der Waals surface area contributed by atoms with Gasteiger partial charge < -0.3 is 20.9 Å². The molecule has 0 radical (unpaired) electrons. The van der Waals surface area contributed by atoms with Gasteiger partial charge in [-0.3, -0.25) is 9.88 Å². The molecule has 0 amide bonds. The van der Waals surface area contributed by atoms with Gasteiger partial charge >= 0.3 is 0 Å². The first-order valence-electron chi connectivity index (χ1n) is 13.6. The summed E-state index contributed by atoms with van der Waals surface area (Å²) in [7, 11) is 0. The largest absolute Gasteiger partial charge is 0.383 e. The Bertz CT molecular complexity index is 1600. The third-order valence-electron chi connectivity index (χ3n) is 6.93. The van der Waals surface area contributed by atoms with Crippen molar-refractivity contribution in [2.24, 2.45) is 0 Å². The number of pyridine rings is 1. The average Bonchev–Trinajstić information content (AvgIpc) is 3.00. The predicted octanol–water partition coefficient (Wildman–Crippen LogP) is 7.32. The Morgan fingerprint density at radius 2 is 1.36 bits per heavy atom. The van der Waals surface area contributed by atoms with Gasteiger partial charge in [0.1, 0.15) is 0 Å². The molecule has 6 rings (SSSR count). The Kier molecular flexibility index (Phi) is 8.99. The second kappa shape index (κ2) is 13.2. The van der Waals surface area contributed by atoms with Gasteiger partial charge in [-0.2, -0.15) is 15.0 Å². The number of nitrogens with one attached hydrogen (secondary N) is 3. The number of nitrogens with zero attached hydrogens (tertiary/aromatic N) is 6. The number of halogens is 3. The molecule has 0 aliphatic carbocycles. The van der Waals surface area contributed by atoms with Crippen molar-refractivity contribution in [3.05, 3.63) is 93.0 Å². The van der Waals surface area contributed by atoms with Crippen molar-refractivity contribution in [2.75, 3.05) is 60.1 Å². The van der Waals surface area contributed by atoms with Gasteiger partial charge in [-0.05, 0) is 72.8 Å². The fourth-order valence-corrected chi connectivity index (χ4v) is 5.43. The molecule has 5 aromatic rings. The maximum atomic E-state index is 6.14. The van der Waals surface area contributed by atoms with Crippen LogP contribution in [0.15, 0.2) is 87.9 Å². The molecule has 2 aromatic heterocycles. The summed E-state index contributed by atoms with van der Waals surface area (Å²) in [5, 5.41) is 12.0. The van der Waals surface area contributed by atoms with Gasteiger partial charge in [-0.25, -0.2) is 0 Å². The highest BCUT2D eigenvalue weighted by atomic mass is 79.9. The fraction of sp³-hybridized carbons (Fsp3) is 0.200. The van der Waals surface area contributed by atoms with Crippen molar-refractivity contribution in [1.29, 1.82) is 0 Å². The van der Waals surface area contributed by atoms with E-state index < -0.39 is 0 Å². The van der Waals surface area contributed by atoms with Gasteiger partial charge in [0, 0.05) is 81.9 Å². The summed E-state index contributed by atoms with van der Waals surface area (Å²) in [5.74, 6) is 1.61. The third kappa shape index (κ3) is 7.27. The molecule has 0 unspecified atom stereocenters. The lowest BCUT2D eigenvalue weighted by atomic mass is 10.2. The first-order chi connectivity index (χ1) is 20.5. The smallest absolute Gasteiger partial charge is 0.233 e. The number of hydrogen-bond acceptors (Lipinski definition) is 9. The second-order valence-electron chi connectivity index (χ2n) is 9.82. The van der Waals surface area contributed by atoms with Crippen LogP contribution < -0.4 is 20.9 Å². The molecular weight excluding hydrogens is 682 g/mol. The van der Waals surface area contributed by atoms with E-state index in [-0.39, 0.29) is 0 Å². The first kappa shape index (κ1) is 28.6. The highest BCUT2D eigenvalue weighted by Crippen LogP contribution is 2.25. The number of hydrogen-bond donors (Lipinski definition) is 3. The maximum Gasteiger partial charge on any atom is 0.233 e. The number of benzene rings is 3. The summed E-state index contributed by atoms with van der Waals surface area (Å²) in [4.78, 5) is 23.3. The van der Waals surface area contributed by atoms with Crippen LogP contribution in [0.1, 0.15) is 0 Å². The molecule has 3 N–H and O–H groups in total. The van der Waals surface area contributed by atoms with Crippen LogP contribution in [0.2, 0.25) is 5.02 Å². The second-order valence-corrected chi connectivity index (χ2v) is 12.1. The van der Waals surface area contributed by atoms with E-state index in [2.05, 4.69) is 67.6 Å². The summed E-state index contributed by atoms with van der Waals surface area (Å²) in [5.41, 5.74) is 3.75. The summed E-state index contributed by atoms with van der Waals surface area (Å²) in [6, 6.07) is 23.6. The summed E-state index contributed by atoms with van der Waals surface area (Å²) in [6.45, 7) is 5.20. The van der Waals surface area contributed by atoms with E-state index in [0.29, 0.717) is 22.9 Å². The molecule has 214 valence electrons. The van der Waals surface area contributed by atoms with Crippen molar-refractivity contribution in [3.8, 4) is 0 Å². The lowest BCUT2D eigenvalue weighted by Crippen LogP contribution is -2.48. The molecule has 0 spiro atoms. The molecule has 0 atom stereocenters. The van der Waals surface area contributed by atoms with Crippen molar-refractivity contribution >= 4 is 89.3 Å². The monoisotopic (exact) mass is 707 g/mol. The van der Waals surface area contributed by atoms with Crippen LogP contribution in [0.4, 0.5) is 34.9 Å². The van der Waals surface area contributed by atoms with E-state index >= 15 is 0 Å². The third-order valence-corrected chi connectivity index (χ3v) is 8.22. The fourth-order valence-electron chi connectivity index (χ4n) is 4.74. The van der Waals surface area contributed by atoms with Gasteiger partial charge in [0.15, 0.2) is 0 Å². The number of piperazine rings is 1. The van der Waals surface area contributed by atoms with Crippen LogP contribution in [0, 0.1) is 0 Å². The lowest BCUT2D eigenvalue weighted by molar-refractivity contribution is 0.266. The van der Waals surface area contributed by atoms with Crippen molar-refractivity contribution in [3.63, 3.8) is 0 Å². The van der Waals surface area contributed by atoms with Crippen LogP contribution in [-0.4, -0.2) is 64.1 Å². The van der Waals surface area contributed by atoms with Crippen LogP contribution >= 0.6 is 43.5 Å². The van der Waals surface area contributed by atoms with Crippen molar-refractivity contribution in [1.82, 2.24) is 24.8 Å². The topological polar surface area (TPSA) is 94.1 Å². The molecule has 1 saturated heterocycles. The minimum Gasteiger partial charge on any atom is -0.383 e. The van der Waals surface area contributed by atoms with Crippen molar-refractivity contribution in [2.45, 2.75) is 0 Å². The zero-order valence-electron chi connectivity index (χ0n) is 22.6. The summed E-state index contributed by atoms with van der Waals surface area (Å²) in [6.07, 6.45) is 1.81. The van der Waals surface area contributed by atoms with E-state index in [9.17, 15) is 0 Å². The minimum absolute atomic E-state index is 0.486. The molecule has 12 heteroatoms. The SMILES string of the molecule is Clc1ccc2c(NCCN3CCN(c4nc(Nc5ccc(Br)cc5)nc(Nc5ccc(Br)cc5)n4)CC3)ccnc2c1. The summed E-state index contributed by atoms with van der Waals surface area (Å²) < 4.78 is 2.02. The molecule has 0 saturated carbocycles. The molecule has 1 aliphatic rings. The Labute approximate surface area is 266 Å². The van der Waals surface area contributed by atoms with Crippen LogP contribution in [0.5, 0.6) is 0 Å². The predicted molar refractivity (Wildman–Crippen MR) is 179 cm³/mol. The average molecular weight is 710 g/mol. The Balaban J connectivity index is 1.11. The molecule has 1 fully saturated rings. The number of fused-ring (bicyclic) bond motifs is 1. The molecule has 0 bridgehead atoms. The molecular formula is C30H28Br2ClN9. The maximum absolute atomic E-state index is 6.14. The Morgan fingerprint density at radius 1 is 0.738 bits per heavy atom. The zero-order valence-corrected chi connectivity index (χ0v) is 26.5. The van der Waals surface area contributed by atoms with Crippen LogP contribution in [0.3, 0.4) is 0 Å². The normalized spacial score (nSPS) is 13.7. The lowest BCUT2D eigenvalue weighted by Gasteiger charge is -2.34.